The number of carboxylic acids is 1. The van der Waals surface area contributed by atoms with Crippen LogP contribution in [0.25, 0.3) is 0 Å². The molecule has 0 saturated carbocycles. The molecule has 0 aromatic carbocycles. The van der Waals surface area contributed by atoms with E-state index in [2.05, 4.69) is 5.32 Å². The van der Waals surface area contributed by atoms with Crippen LogP contribution in [0.1, 0.15) is 13.3 Å². The molecule has 7 nitrogen and oxygen atoms in total. The number of aliphatic carboxylic acids is 1. The van der Waals surface area contributed by atoms with Crippen molar-refractivity contribution in [1.82, 2.24) is 15.1 Å². The Hall–Kier alpha value is -1.34. The smallest absolute Gasteiger partial charge is 0.328 e. The van der Waals surface area contributed by atoms with Gasteiger partial charge in [0, 0.05) is 19.1 Å². The second-order valence-corrected chi connectivity index (χ2v) is 4.86. The number of likely N-dealkylation sites (N-methyl/N-ethyl adjacent to an activating group) is 1. The molecule has 0 aromatic rings. The standard InChI is InChI=1S/C11H21N3O4/c1-7(15)9(10(16)17)12-11(18)14-5-4-8(6-14)13(2)3/h7-9,15H,4-6H2,1-3H3,(H,12,18)(H,16,17)/t7-,8?,9+/m1/s1. The van der Waals surface area contributed by atoms with E-state index in [4.69, 9.17) is 5.11 Å². The first-order valence-electron chi connectivity index (χ1n) is 5.95. The lowest BCUT2D eigenvalue weighted by molar-refractivity contribution is -0.141. The Morgan fingerprint density at radius 3 is 2.44 bits per heavy atom. The number of likely N-dealkylation sites (tertiary alicyclic amines) is 1. The summed E-state index contributed by atoms with van der Waals surface area (Å²) in [6.45, 7) is 2.51. The second kappa shape index (κ2) is 6.01. The van der Waals surface area contributed by atoms with Crippen molar-refractivity contribution in [3.63, 3.8) is 0 Å². The van der Waals surface area contributed by atoms with Gasteiger partial charge in [-0.15, -0.1) is 0 Å². The van der Waals surface area contributed by atoms with Crippen molar-refractivity contribution in [3.8, 4) is 0 Å². The van der Waals surface area contributed by atoms with Gasteiger partial charge in [0.15, 0.2) is 6.04 Å². The summed E-state index contributed by atoms with van der Waals surface area (Å²) < 4.78 is 0. The monoisotopic (exact) mass is 259 g/mol. The van der Waals surface area contributed by atoms with E-state index in [0.29, 0.717) is 19.1 Å². The minimum atomic E-state index is -1.27. The van der Waals surface area contributed by atoms with Crippen molar-refractivity contribution in [3.05, 3.63) is 0 Å². The highest BCUT2D eigenvalue weighted by molar-refractivity contribution is 5.83. The summed E-state index contributed by atoms with van der Waals surface area (Å²) in [6.07, 6.45) is -0.258. The van der Waals surface area contributed by atoms with E-state index in [9.17, 15) is 14.7 Å². The van der Waals surface area contributed by atoms with Crippen LogP contribution >= 0.6 is 0 Å². The zero-order chi connectivity index (χ0) is 13.9. The van der Waals surface area contributed by atoms with Crippen LogP contribution in [-0.2, 0) is 4.79 Å². The lowest BCUT2D eigenvalue weighted by atomic mass is 10.2. The summed E-state index contributed by atoms with van der Waals surface area (Å²) in [4.78, 5) is 26.3. The average Bonchev–Trinajstić information content (AvgIpc) is 2.73. The number of aliphatic hydroxyl groups is 1. The van der Waals surface area contributed by atoms with Crippen LogP contribution in [-0.4, -0.2) is 77.4 Å². The molecule has 1 aliphatic rings. The fourth-order valence-electron chi connectivity index (χ4n) is 1.96. The molecular formula is C11H21N3O4. The van der Waals surface area contributed by atoms with Gasteiger partial charge in [-0.3, -0.25) is 0 Å². The quantitative estimate of drug-likeness (QED) is 0.612. The SMILES string of the molecule is C[C@@H](O)[C@H](NC(=O)N1CCC(N(C)C)C1)C(=O)O. The van der Waals surface area contributed by atoms with Gasteiger partial charge in [0.25, 0.3) is 0 Å². The molecule has 18 heavy (non-hydrogen) atoms. The van der Waals surface area contributed by atoms with E-state index >= 15 is 0 Å². The van der Waals surface area contributed by atoms with Crippen LogP contribution in [0, 0.1) is 0 Å². The Labute approximate surface area is 106 Å². The largest absolute Gasteiger partial charge is 0.480 e. The molecule has 0 spiro atoms. The number of hydrogen-bond donors (Lipinski definition) is 3. The summed E-state index contributed by atoms with van der Waals surface area (Å²) in [5.74, 6) is -1.23. The van der Waals surface area contributed by atoms with Crippen LogP contribution in [0.4, 0.5) is 4.79 Å². The molecule has 1 aliphatic heterocycles. The van der Waals surface area contributed by atoms with Gasteiger partial charge in [-0.25, -0.2) is 9.59 Å². The fourth-order valence-corrected chi connectivity index (χ4v) is 1.96. The maximum absolute atomic E-state index is 11.9. The Bertz CT molecular complexity index is 319. The number of carboxylic acid groups (broad SMARTS) is 1. The molecule has 0 aromatic heterocycles. The Balaban J connectivity index is 2.53. The number of aliphatic hydroxyl groups excluding tert-OH is 1. The van der Waals surface area contributed by atoms with Gasteiger partial charge in [-0.1, -0.05) is 0 Å². The topological polar surface area (TPSA) is 93.1 Å². The number of nitrogens with zero attached hydrogens (tertiary/aromatic N) is 2. The summed E-state index contributed by atoms with van der Waals surface area (Å²) in [5.41, 5.74) is 0. The average molecular weight is 259 g/mol. The van der Waals surface area contributed by atoms with Crippen molar-refractivity contribution < 1.29 is 19.8 Å². The predicted octanol–water partition coefficient (Wildman–Crippen LogP) is -0.834. The fraction of sp³-hybridized carbons (Fsp3) is 0.818. The first kappa shape index (κ1) is 14.7. The summed E-state index contributed by atoms with van der Waals surface area (Å²) in [6, 6.07) is -1.41. The molecule has 104 valence electrons. The molecule has 3 atom stereocenters. The molecule has 2 amide bonds. The molecule has 1 rings (SSSR count). The van der Waals surface area contributed by atoms with Crippen LogP contribution in [0.2, 0.25) is 0 Å². The predicted molar refractivity (Wildman–Crippen MR) is 65.3 cm³/mol. The molecule has 1 heterocycles. The lowest BCUT2D eigenvalue weighted by Gasteiger charge is -2.23. The van der Waals surface area contributed by atoms with Crippen molar-refractivity contribution in [2.75, 3.05) is 27.2 Å². The second-order valence-electron chi connectivity index (χ2n) is 4.86. The van der Waals surface area contributed by atoms with E-state index in [-0.39, 0.29) is 0 Å². The van der Waals surface area contributed by atoms with E-state index in [1.807, 2.05) is 19.0 Å². The van der Waals surface area contributed by atoms with Gasteiger partial charge in [0.05, 0.1) is 6.10 Å². The first-order valence-corrected chi connectivity index (χ1v) is 5.95. The molecule has 0 bridgehead atoms. The Morgan fingerprint density at radius 1 is 1.44 bits per heavy atom. The number of carbonyl (C=O) groups excluding carboxylic acids is 1. The zero-order valence-electron chi connectivity index (χ0n) is 11.0. The van der Waals surface area contributed by atoms with Gasteiger partial charge in [0.2, 0.25) is 0 Å². The van der Waals surface area contributed by atoms with E-state index < -0.39 is 24.1 Å². The summed E-state index contributed by atoms with van der Waals surface area (Å²) in [5, 5.41) is 20.5. The number of carbonyl (C=O) groups is 2. The van der Waals surface area contributed by atoms with Gasteiger partial charge in [0.1, 0.15) is 0 Å². The van der Waals surface area contributed by atoms with Gasteiger partial charge in [-0.05, 0) is 27.4 Å². The normalized spacial score (nSPS) is 22.9. The Morgan fingerprint density at radius 2 is 2.06 bits per heavy atom. The Kier molecular flexibility index (Phi) is 4.92. The minimum Gasteiger partial charge on any atom is -0.480 e. The van der Waals surface area contributed by atoms with E-state index in [1.54, 1.807) is 4.90 Å². The summed E-state index contributed by atoms with van der Waals surface area (Å²) in [7, 11) is 3.89. The van der Waals surface area contributed by atoms with Crippen molar-refractivity contribution in [2.24, 2.45) is 0 Å². The van der Waals surface area contributed by atoms with Crippen LogP contribution in [0.3, 0.4) is 0 Å². The third kappa shape index (κ3) is 3.58. The van der Waals surface area contributed by atoms with Crippen molar-refractivity contribution in [1.29, 1.82) is 0 Å². The lowest BCUT2D eigenvalue weighted by Crippen LogP contribution is -2.52. The number of rotatable bonds is 4. The zero-order valence-corrected chi connectivity index (χ0v) is 11.0. The van der Waals surface area contributed by atoms with Crippen molar-refractivity contribution >= 4 is 12.0 Å². The van der Waals surface area contributed by atoms with Gasteiger partial charge < -0.3 is 25.3 Å². The minimum absolute atomic E-state index is 0.297. The van der Waals surface area contributed by atoms with Crippen LogP contribution < -0.4 is 5.32 Å². The summed E-state index contributed by atoms with van der Waals surface area (Å²) >= 11 is 0. The number of amides is 2. The molecule has 1 unspecified atom stereocenters. The third-order valence-corrected chi connectivity index (χ3v) is 3.21. The highest BCUT2D eigenvalue weighted by Gasteiger charge is 2.31. The van der Waals surface area contributed by atoms with Crippen LogP contribution in [0.5, 0.6) is 0 Å². The molecule has 0 radical (unpaired) electrons. The van der Waals surface area contributed by atoms with Gasteiger partial charge in [-0.2, -0.15) is 0 Å². The number of urea groups is 1. The number of hydrogen-bond acceptors (Lipinski definition) is 4. The third-order valence-electron chi connectivity index (χ3n) is 3.21. The van der Waals surface area contributed by atoms with Gasteiger partial charge >= 0.3 is 12.0 Å². The highest BCUT2D eigenvalue weighted by Crippen LogP contribution is 2.13. The number of nitrogens with one attached hydrogen (secondary N) is 1. The molecule has 1 fully saturated rings. The van der Waals surface area contributed by atoms with E-state index in [0.717, 1.165) is 6.42 Å². The molecule has 1 saturated heterocycles. The van der Waals surface area contributed by atoms with E-state index in [1.165, 1.54) is 6.92 Å². The molecule has 0 aliphatic carbocycles. The molecule has 3 N–H and O–H groups in total. The molecule has 7 heteroatoms. The van der Waals surface area contributed by atoms with Crippen LogP contribution in [0.15, 0.2) is 0 Å². The first-order chi connectivity index (χ1) is 8.32. The highest BCUT2D eigenvalue weighted by atomic mass is 16.4. The van der Waals surface area contributed by atoms with Crippen molar-refractivity contribution in [2.45, 2.75) is 31.5 Å². The molecular weight excluding hydrogens is 238 g/mol. The maximum Gasteiger partial charge on any atom is 0.328 e. The maximum atomic E-state index is 11.9.